The van der Waals surface area contributed by atoms with E-state index in [1.165, 1.54) is 6.21 Å². The zero-order chi connectivity index (χ0) is 22.4. The molecule has 31 heavy (non-hydrogen) atoms. The van der Waals surface area contributed by atoms with Crippen LogP contribution in [0.5, 0.6) is 5.75 Å². The minimum absolute atomic E-state index is 0.0355. The molecule has 0 fully saturated rings. The fraction of sp³-hybridized carbons (Fsp3) is 0.192. The highest BCUT2D eigenvalue weighted by atomic mass is 16.5. The fourth-order valence-electron chi connectivity index (χ4n) is 2.83. The number of nitrogens with one attached hydrogen (secondary N) is 1. The van der Waals surface area contributed by atoms with Gasteiger partial charge >= 0.3 is 5.97 Å². The molecule has 0 heterocycles. The summed E-state index contributed by atoms with van der Waals surface area (Å²) in [6, 6.07) is 21.6. The van der Waals surface area contributed by atoms with Gasteiger partial charge in [-0.3, -0.25) is 4.79 Å². The molecular formula is C26H26N2O3. The molecule has 0 bridgehead atoms. The smallest absolute Gasteiger partial charge is 0.343 e. The second-order valence-electron chi connectivity index (χ2n) is 8.35. The quantitative estimate of drug-likeness (QED) is 0.267. The SMILES string of the molecule is Cc1ccc(C(=O)Oc2ccc(/C=N\NC(=O)c3ccc(C(C)(C)C)cc3)cc2)cc1. The number of nitrogens with zero attached hydrogens (tertiary/aromatic N) is 1. The number of aryl methyl sites for hydroxylation is 1. The summed E-state index contributed by atoms with van der Waals surface area (Å²) in [4.78, 5) is 24.4. The lowest BCUT2D eigenvalue weighted by Gasteiger charge is -2.18. The Balaban J connectivity index is 1.55. The monoisotopic (exact) mass is 414 g/mol. The van der Waals surface area contributed by atoms with Crippen molar-refractivity contribution in [3.63, 3.8) is 0 Å². The van der Waals surface area contributed by atoms with Crippen LogP contribution in [0.4, 0.5) is 0 Å². The molecule has 158 valence electrons. The highest BCUT2D eigenvalue weighted by Crippen LogP contribution is 2.22. The van der Waals surface area contributed by atoms with Crippen molar-refractivity contribution >= 4 is 18.1 Å². The number of carbonyl (C=O) groups excluding carboxylic acids is 2. The number of carbonyl (C=O) groups is 2. The molecule has 0 aromatic heterocycles. The molecule has 5 heteroatoms. The Morgan fingerprint density at radius 2 is 1.42 bits per heavy atom. The number of benzene rings is 3. The van der Waals surface area contributed by atoms with Crippen molar-refractivity contribution in [3.8, 4) is 5.75 Å². The summed E-state index contributed by atoms with van der Waals surface area (Å²) in [5.74, 6) is -0.253. The molecule has 0 atom stereocenters. The van der Waals surface area contributed by atoms with Crippen molar-refractivity contribution in [2.75, 3.05) is 0 Å². The Labute approximate surface area is 182 Å². The Morgan fingerprint density at radius 3 is 2.00 bits per heavy atom. The summed E-state index contributed by atoms with van der Waals surface area (Å²) < 4.78 is 5.38. The van der Waals surface area contributed by atoms with E-state index in [0.29, 0.717) is 16.9 Å². The van der Waals surface area contributed by atoms with E-state index in [0.717, 1.165) is 16.7 Å². The lowest BCUT2D eigenvalue weighted by molar-refractivity contribution is 0.0734. The van der Waals surface area contributed by atoms with E-state index in [1.807, 2.05) is 31.2 Å². The maximum atomic E-state index is 12.2. The third-order valence-electron chi connectivity index (χ3n) is 4.77. The van der Waals surface area contributed by atoms with Gasteiger partial charge in [0.2, 0.25) is 0 Å². The van der Waals surface area contributed by atoms with Gasteiger partial charge in [0, 0.05) is 5.56 Å². The van der Waals surface area contributed by atoms with Gasteiger partial charge in [0.1, 0.15) is 5.75 Å². The number of rotatable bonds is 5. The van der Waals surface area contributed by atoms with Crippen LogP contribution < -0.4 is 10.2 Å². The zero-order valence-corrected chi connectivity index (χ0v) is 18.2. The second kappa shape index (κ2) is 9.39. The molecule has 1 amide bonds. The van der Waals surface area contributed by atoms with E-state index in [1.54, 1.807) is 48.5 Å². The highest BCUT2D eigenvalue weighted by Gasteiger charge is 2.14. The summed E-state index contributed by atoms with van der Waals surface area (Å²) in [6.07, 6.45) is 1.53. The molecule has 0 spiro atoms. The third kappa shape index (κ3) is 6.12. The topological polar surface area (TPSA) is 67.8 Å². The Kier molecular flexibility index (Phi) is 6.65. The minimum atomic E-state index is -0.411. The first-order valence-corrected chi connectivity index (χ1v) is 10.1. The molecule has 0 aliphatic heterocycles. The van der Waals surface area contributed by atoms with Gasteiger partial charge in [-0.05, 0) is 72.0 Å². The fourth-order valence-corrected chi connectivity index (χ4v) is 2.83. The Bertz CT molecular complexity index is 1080. The van der Waals surface area contributed by atoms with Gasteiger partial charge in [-0.15, -0.1) is 0 Å². The molecule has 3 aromatic rings. The molecule has 0 radical (unpaired) electrons. The van der Waals surface area contributed by atoms with Crippen molar-refractivity contribution in [2.45, 2.75) is 33.1 Å². The number of amides is 1. The van der Waals surface area contributed by atoms with Gasteiger partial charge < -0.3 is 4.74 Å². The normalized spacial score (nSPS) is 11.4. The standard InChI is InChI=1S/C26H26N2O3/c1-18-5-9-21(10-6-18)25(30)31-23-15-7-19(8-16-23)17-27-28-24(29)20-11-13-22(14-12-20)26(2,3)4/h5-17H,1-4H3,(H,28,29)/b27-17-. The van der Waals surface area contributed by atoms with E-state index in [2.05, 4.69) is 31.3 Å². The van der Waals surface area contributed by atoms with Crippen molar-refractivity contribution in [1.29, 1.82) is 0 Å². The van der Waals surface area contributed by atoms with Crippen LogP contribution in [0.15, 0.2) is 77.9 Å². The molecule has 0 unspecified atom stereocenters. The lowest BCUT2D eigenvalue weighted by atomic mass is 9.87. The first kappa shape index (κ1) is 22.0. The van der Waals surface area contributed by atoms with Crippen molar-refractivity contribution in [1.82, 2.24) is 5.43 Å². The van der Waals surface area contributed by atoms with Gasteiger partial charge in [0.15, 0.2) is 0 Å². The summed E-state index contributed by atoms with van der Waals surface area (Å²) >= 11 is 0. The molecule has 3 aromatic carbocycles. The van der Waals surface area contributed by atoms with E-state index >= 15 is 0 Å². The number of ether oxygens (including phenoxy) is 1. The summed E-state index contributed by atoms with van der Waals surface area (Å²) in [5.41, 5.74) is 6.60. The third-order valence-corrected chi connectivity index (χ3v) is 4.77. The van der Waals surface area contributed by atoms with E-state index in [-0.39, 0.29) is 11.3 Å². The van der Waals surface area contributed by atoms with Crippen LogP contribution in [0.25, 0.3) is 0 Å². The first-order valence-electron chi connectivity index (χ1n) is 10.1. The molecule has 0 aliphatic rings. The van der Waals surface area contributed by atoms with Gasteiger partial charge in [0.05, 0.1) is 11.8 Å². The van der Waals surface area contributed by atoms with Gasteiger partial charge in [-0.2, -0.15) is 5.10 Å². The van der Waals surface area contributed by atoms with Crippen LogP contribution in [0.1, 0.15) is 58.2 Å². The van der Waals surface area contributed by atoms with Gasteiger partial charge in [-0.25, -0.2) is 10.2 Å². The average molecular weight is 415 g/mol. The minimum Gasteiger partial charge on any atom is -0.423 e. The predicted molar refractivity (Wildman–Crippen MR) is 123 cm³/mol. The maximum Gasteiger partial charge on any atom is 0.343 e. The molecule has 1 N–H and O–H groups in total. The summed E-state index contributed by atoms with van der Waals surface area (Å²) in [6.45, 7) is 8.34. The van der Waals surface area contributed by atoms with Crippen LogP contribution in [0.3, 0.4) is 0 Å². The van der Waals surface area contributed by atoms with Crippen molar-refractivity contribution in [2.24, 2.45) is 5.10 Å². The molecule has 5 nitrogen and oxygen atoms in total. The zero-order valence-electron chi connectivity index (χ0n) is 18.2. The van der Waals surface area contributed by atoms with E-state index in [4.69, 9.17) is 4.74 Å². The van der Waals surface area contributed by atoms with E-state index < -0.39 is 5.97 Å². The van der Waals surface area contributed by atoms with Crippen LogP contribution in [-0.2, 0) is 5.41 Å². The van der Waals surface area contributed by atoms with Crippen molar-refractivity contribution < 1.29 is 14.3 Å². The van der Waals surface area contributed by atoms with E-state index in [9.17, 15) is 9.59 Å². The molecule has 0 saturated carbocycles. The number of hydrogen-bond donors (Lipinski definition) is 1. The lowest BCUT2D eigenvalue weighted by Crippen LogP contribution is -2.18. The Hall–Kier alpha value is -3.73. The first-order chi connectivity index (χ1) is 14.7. The Morgan fingerprint density at radius 1 is 0.839 bits per heavy atom. The largest absolute Gasteiger partial charge is 0.423 e. The highest BCUT2D eigenvalue weighted by molar-refractivity contribution is 5.95. The average Bonchev–Trinajstić information content (AvgIpc) is 2.75. The van der Waals surface area contributed by atoms with Crippen molar-refractivity contribution in [3.05, 3.63) is 101 Å². The second-order valence-corrected chi connectivity index (χ2v) is 8.35. The number of esters is 1. The van der Waals surface area contributed by atoms with Gasteiger partial charge in [-0.1, -0.05) is 50.6 Å². The summed E-state index contributed by atoms with van der Waals surface area (Å²) in [7, 11) is 0. The van der Waals surface area contributed by atoms with Crippen LogP contribution >= 0.6 is 0 Å². The molecule has 3 rings (SSSR count). The number of hydrazone groups is 1. The van der Waals surface area contributed by atoms with Gasteiger partial charge in [0.25, 0.3) is 5.91 Å². The van der Waals surface area contributed by atoms with Crippen LogP contribution in [0.2, 0.25) is 0 Å². The van der Waals surface area contributed by atoms with Crippen LogP contribution in [0, 0.1) is 6.92 Å². The predicted octanol–water partition coefficient (Wildman–Crippen LogP) is 5.28. The molecule has 0 aliphatic carbocycles. The summed E-state index contributed by atoms with van der Waals surface area (Å²) in [5, 5.41) is 4.00. The maximum absolute atomic E-state index is 12.2. The van der Waals surface area contributed by atoms with Crippen LogP contribution in [-0.4, -0.2) is 18.1 Å². The molecular weight excluding hydrogens is 388 g/mol. The number of hydrogen-bond acceptors (Lipinski definition) is 4. The molecule has 0 saturated heterocycles.